The Balaban J connectivity index is 1.35. The summed E-state index contributed by atoms with van der Waals surface area (Å²) in [4.78, 5) is 15.3. The van der Waals surface area contributed by atoms with Crippen molar-refractivity contribution in [1.82, 2.24) is 14.9 Å². The molecule has 1 spiro atoms. The van der Waals surface area contributed by atoms with Gasteiger partial charge in [0.15, 0.2) is 0 Å². The highest BCUT2D eigenvalue weighted by Crippen LogP contribution is 2.41. The summed E-state index contributed by atoms with van der Waals surface area (Å²) in [6.45, 7) is 5.81. The lowest BCUT2D eigenvalue weighted by Crippen LogP contribution is -2.41. The second kappa shape index (κ2) is 5.97. The molecule has 116 valence electrons. The maximum Gasteiger partial charge on any atom is 0.225 e. The van der Waals surface area contributed by atoms with E-state index in [-0.39, 0.29) is 0 Å². The van der Waals surface area contributed by atoms with Crippen LogP contribution in [-0.2, 0) is 6.54 Å². The summed E-state index contributed by atoms with van der Waals surface area (Å²) >= 11 is 1.87. The van der Waals surface area contributed by atoms with Crippen molar-refractivity contribution in [1.29, 1.82) is 0 Å². The molecule has 2 aliphatic rings. The second-order valence-corrected chi connectivity index (χ2v) is 7.61. The van der Waals surface area contributed by atoms with Crippen molar-refractivity contribution in [3.05, 3.63) is 40.8 Å². The van der Waals surface area contributed by atoms with Gasteiger partial charge in [0.2, 0.25) is 5.95 Å². The first-order chi connectivity index (χ1) is 10.8. The number of hydrogen-bond acceptors (Lipinski definition) is 5. The van der Waals surface area contributed by atoms with E-state index in [0.29, 0.717) is 5.41 Å². The SMILES string of the molecule is c1cnc(N2CCC3(CCN(Cc4cccs4)CC3)C2)nc1. The summed E-state index contributed by atoms with van der Waals surface area (Å²) in [6.07, 6.45) is 7.59. The first-order valence-corrected chi connectivity index (χ1v) is 8.98. The molecule has 2 aromatic heterocycles. The zero-order valence-corrected chi connectivity index (χ0v) is 13.6. The molecule has 0 atom stereocenters. The third kappa shape index (κ3) is 2.88. The van der Waals surface area contributed by atoms with E-state index in [1.165, 1.54) is 37.2 Å². The van der Waals surface area contributed by atoms with Crippen LogP contribution in [0.5, 0.6) is 0 Å². The van der Waals surface area contributed by atoms with E-state index in [4.69, 9.17) is 0 Å². The van der Waals surface area contributed by atoms with Crippen molar-refractivity contribution in [2.45, 2.75) is 25.8 Å². The second-order valence-electron chi connectivity index (χ2n) is 6.58. The summed E-state index contributed by atoms with van der Waals surface area (Å²) in [5.41, 5.74) is 0.491. The zero-order valence-electron chi connectivity index (χ0n) is 12.8. The molecule has 4 heterocycles. The van der Waals surface area contributed by atoms with Crippen molar-refractivity contribution < 1.29 is 0 Å². The number of aromatic nitrogens is 2. The Morgan fingerprint density at radius 3 is 2.55 bits per heavy atom. The molecular formula is C17H22N4S. The lowest BCUT2D eigenvalue weighted by Gasteiger charge is -2.39. The molecule has 4 rings (SSSR count). The first kappa shape index (κ1) is 14.2. The van der Waals surface area contributed by atoms with Crippen molar-refractivity contribution >= 4 is 17.3 Å². The smallest absolute Gasteiger partial charge is 0.225 e. The van der Waals surface area contributed by atoms with Crippen molar-refractivity contribution in [3.63, 3.8) is 0 Å². The predicted molar refractivity (Wildman–Crippen MR) is 90.1 cm³/mol. The minimum absolute atomic E-state index is 0.491. The normalized spacial score (nSPS) is 21.5. The van der Waals surface area contributed by atoms with Crippen LogP contribution in [0.1, 0.15) is 24.1 Å². The highest BCUT2D eigenvalue weighted by molar-refractivity contribution is 7.09. The molecule has 2 aromatic rings. The molecule has 0 radical (unpaired) electrons. The minimum Gasteiger partial charge on any atom is -0.340 e. The fourth-order valence-electron chi connectivity index (χ4n) is 3.78. The Bertz CT molecular complexity index is 590. The van der Waals surface area contributed by atoms with Crippen LogP contribution in [0.25, 0.3) is 0 Å². The van der Waals surface area contributed by atoms with Crippen LogP contribution in [0.4, 0.5) is 5.95 Å². The Kier molecular flexibility index (Phi) is 3.84. The van der Waals surface area contributed by atoms with E-state index in [1.807, 2.05) is 29.8 Å². The average molecular weight is 314 g/mol. The number of nitrogens with zero attached hydrogens (tertiary/aromatic N) is 4. The first-order valence-electron chi connectivity index (χ1n) is 8.10. The molecule has 0 unspecified atom stereocenters. The van der Waals surface area contributed by atoms with Crippen LogP contribution in [0.15, 0.2) is 36.0 Å². The number of piperidine rings is 1. The standard InChI is InChI=1S/C17H22N4S/c1-3-15(22-12-1)13-20-9-4-17(5-10-20)6-11-21(14-17)16-18-7-2-8-19-16/h1-3,7-8,12H,4-6,9-11,13-14H2. The van der Waals surface area contributed by atoms with Gasteiger partial charge in [-0.15, -0.1) is 11.3 Å². The summed E-state index contributed by atoms with van der Waals surface area (Å²) < 4.78 is 0. The lowest BCUT2D eigenvalue weighted by atomic mass is 9.78. The highest BCUT2D eigenvalue weighted by atomic mass is 32.1. The quantitative estimate of drug-likeness (QED) is 0.872. The summed E-state index contributed by atoms with van der Waals surface area (Å²) in [5, 5.41) is 2.18. The molecule has 5 heteroatoms. The molecule has 2 fully saturated rings. The zero-order chi connectivity index (χ0) is 14.8. The monoisotopic (exact) mass is 314 g/mol. The topological polar surface area (TPSA) is 32.3 Å². The van der Waals surface area contributed by atoms with Gasteiger partial charge in [-0.3, -0.25) is 4.90 Å². The number of hydrogen-bond donors (Lipinski definition) is 0. The van der Waals surface area contributed by atoms with Gasteiger partial charge in [0, 0.05) is 36.9 Å². The van der Waals surface area contributed by atoms with Gasteiger partial charge >= 0.3 is 0 Å². The molecule has 0 N–H and O–H groups in total. The molecule has 0 amide bonds. The van der Waals surface area contributed by atoms with Crippen LogP contribution >= 0.6 is 11.3 Å². The van der Waals surface area contributed by atoms with Crippen LogP contribution in [0.3, 0.4) is 0 Å². The van der Waals surface area contributed by atoms with Gasteiger partial charge in [-0.1, -0.05) is 6.07 Å². The Morgan fingerprint density at radius 1 is 1.05 bits per heavy atom. The van der Waals surface area contributed by atoms with E-state index in [1.54, 1.807) is 0 Å². The van der Waals surface area contributed by atoms with Gasteiger partial charge in [0.05, 0.1) is 0 Å². The maximum atomic E-state index is 4.41. The third-order valence-corrected chi connectivity index (χ3v) is 6.01. The van der Waals surface area contributed by atoms with E-state index >= 15 is 0 Å². The van der Waals surface area contributed by atoms with Crippen LogP contribution < -0.4 is 4.90 Å². The average Bonchev–Trinajstić information content (AvgIpc) is 3.21. The number of rotatable bonds is 3. The minimum atomic E-state index is 0.491. The van der Waals surface area contributed by atoms with E-state index in [9.17, 15) is 0 Å². The summed E-state index contributed by atoms with van der Waals surface area (Å²) in [5.74, 6) is 0.903. The van der Waals surface area contributed by atoms with Crippen LogP contribution in [0.2, 0.25) is 0 Å². The van der Waals surface area contributed by atoms with Crippen LogP contribution in [0, 0.1) is 5.41 Å². The van der Waals surface area contributed by atoms with Gasteiger partial charge in [0.25, 0.3) is 0 Å². The Morgan fingerprint density at radius 2 is 1.82 bits per heavy atom. The fourth-order valence-corrected chi connectivity index (χ4v) is 4.52. The number of thiophene rings is 1. The largest absolute Gasteiger partial charge is 0.340 e. The van der Waals surface area contributed by atoms with Crippen molar-refractivity contribution in [3.8, 4) is 0 Å². The molecule has 0 aromatic carbocycles. The Labute approximate surface area is 135 Å². The predicted octanol–water partition coefficient (Wildman–Crippen LogP) is 3.03. The molecular weight excluding hydrogens is 292 g/mol. The van der Waals surface area contributed by atoms with Gasteiger partial charge in [0.1, 0.15) is 0 Å². The number of likely N-dealkylation sites (tertiary alicyclic amines) is 1. The molecule has 0 bridgehead atoms. The molecule has 0 aliphatic carbocycles. The summed E-state index contributed by atoms with van der Waals surface area (Å²) in [6, 6.07) is 6.29. The molecule has 22 heavy (non-hydrogen) atoms. The molecule has 0 saturated carbocycles. The maximum absolute atomic E-state index is 4.41. The fraction of sp³-hybridized carbons (Fsp3) is 0.529. The van der Waals surface area contributed by atoms with Gasteiger partial charge in [-0.05, 0) is 55.3 Å². The van der Waals surface area contributed by atoms with Gasteiger partial charge in [-0.25, -0.2) is 9.97 Å². The third-order valence-electron chi connectivity index (χ3n) is 5.15. The molecule has 2 aliphatic heterocycles. The molecule has 2 saturated heterocycles. The Hall–Kier alpha value is -1.46. The van der Waals surface area contributed by atoms with Crippen molar-refractivity contribution in [2.75, 3.05) is 31.1 Å². The summed E-state index contributed by atoms with van der Waals surface area (Å²) in [7, 11) is 0. The van der Waals surface area contributed by atoms with Gasteiger partial charge in [-0.2, -0.15) is 0 Å². The molecule has 4 nitrogen and oxygen atoms in total. The van der Waals surface area contributed by atoms with E-state index < -0.39 is 0 Å². The lowest BCUT2D eigenvalue weighted by molar-refractivity contribution is 0.116. The van der Waals surface area contributed by atoms with Crippen LogP contribution in [-0.4, -0.2) is 41.0 Å². The van der Waals surface area contributed by atoms with Gasteiger partial charge < -0.3 is 4.90 Å². The highest BCUT2D eigenvalue weighted by Gasteiger charge is 2.41. The van der Waals surface area contributed by atoms with E-state index in [2.05, 4.69) is 37.3 Å². The number of anilines is 1. The van der Waals surface area contributed by atoms with E-state index in [0.717, 1.165) is 25.6 Å². The van der Waals surface area contributed by atoms with Crippen molar-refractivity contribution in [2.24, 2.45) is 5.41 Å².